The van der Waals surface area contributed by atoms with Gasteiger partial charge < -0.3 is 19.9 Å². The Labute approximate surface area is 144 Å². The number of amides is 2. The largest absolute Gasteiger partial charge is 0.442 e. The number of hydrogen-bond donors (Lipinski definition) is 2. The van der Waals surface area contributed by atoms with Gasteiger partial charge in [0.05, 0.1) is 19.3 Å². The van der Waals surface area contributed by atoms with Gasteiger partial charge in [0.15, 0.2) is 5.76 Å². The van der Waals surface area contributed by atoms with E-state index in [9.17, 15) is 9.59 Å². The molecule has 1 aromatic heterocycles. The van der Waals surface area contributed by atoms with E-state index in [-0.39, 0.29) is 12.0 Å². The Bertz CT molecular complexity index is 832. The molecule has 2 N–H and O–H groups in total. The lowest BCUT2D eigenvalue weighted by Crippen LogP contribution is -2.33. The average Bonchev–Trinajstić information content (AvgIpc) is 3.15. The number of benzene rings is 1. The smallest absolute Gasteiger partial charge is 0.414 e. The van der Waals surface area contributed by atoms with Crippen LogP contribution in [-0.4, -0.2) is 42.9 Å². The number of cyclic esters (lactones) is 1. The number of rotatable bonds is 3. The molecule has 8 heteroatoms. The molecule has 0 bridgehead atoms. The number of nitrogens with zero attached hydrogens (tertiary/aromatic N) is 2. The molecule has 0 aliphatic carbocycles. The van der Waals surface area contributed by atoms with Crippen molar-refractivity contribution < 1.29 is 18.8 Å². The highest BCUT2D eigenvalue weighted by Crippen LogP contribution is 2.36. The van der Waals surface area contributed by atoms with E-state index in [1.807, 2.05) is 18.2 Å². The van der Waals surface area contributed by atoms with Gasteiger partial charge >= 0.3 is 6.09 Å². The maximum Gasteiger partial charge on any atom is 0.414 e. The van der Waals surface area contributed by atoms with Crippen molar-refractivity contribution in [2.75, 3.05) is 29.9 Å². The van der Waals surface area contributed by atoms with Crippen LogP contribution < -0.4 is 15.5 Å². The quantitative estimate of drug-likeness (QED) is 0.882. The molecule has 1 unspecified atom stereocenters. The molecule has 0 saturated carbocycles. The highest BCUT2D eigenvalue weighted by molar-refractivity contribution is 5.91. The predicted molar refractivity (Wildman–Crippen MR) is 90.4 cm³/mol. The van der Waals surface area contributed by atoms with Crippen molar-refractivity contribution >= 4 is 23.4 Å². The highest BCUT2D eigenvalue weighted by Gasteiger charge is 2.33. The fraction of sp³-hybridized carbons (Fsp3) is 0.353. The summed E-state index contributed by atoms with van der Waals surface area (Å²) in [6.45, 7) is 2.92. The fourth-order valence-corrected chi connectivity index (χ4v) is 3.16. The summed E-state index contributed by atoms with van der Waals surface area (Å²) >= 11 is 0. The number of nitrogens with one attached hydrogen (secondary N) is 2. The molecular weight excluding hydrogens is 324 g/mol. The number of ether oxygens (including phenoxy) is 1. The number of carbonyl (C=O) groups is 2. The molecule has 2 aliphatic rings. The van der Waals surface area contributed by atoms with Crippen LogP contribution in [0.25, 0.3) is 11.3 Å². The third-order valence-electron chi connectivity index (χ3n) is 4.38. The first-order valence-electron chi connectivity index (χ1n) is 8.16. The zero-order chi connectivity index (χ0) is 17.4. The zero-order valence-corrected chi connectivity index (χ0v) is 13.7. The summed E-state index contributed by atoms with van der Waals surface area (Å²) < 4.78 is 10.7. The normalized spacial score (nSPS) is 18.7. The van der Waals surface area contributed by atoms with E-state index in [0.717, 1.165) is 35.5 Å². The van der Waals surface area contributed by atoms with Gasteiger partial charge in [-0.2, -0.15) is 0 Å². The van der Waals surface area contributed by atoms with Crippen LogP contribution in [0.4, 0.5) is 16.2 Å². The first-order valence-corrected chi connectivity index (χ1v) is 8.16. The lowest BCUT2D eigenvalue weighted by Gasteiger charge is -2.15. The molecule has 1 saturated heterocycles. The number of anilines is 2. The predicted octanol–water partition coefficient (Wildman–Crippen LogP) is 1.77. The van der Waals surface area contributed by atoms with Crippen molar-refractivity contribution in [3.8, 4) is 11.3 Å². The van der Waals surface area contributed by atoms with Crippen molar-refractivity contribution in [1.29, 1.82) is 0 Å². The molecule has 0 spiro atoms. The van der Waals surface area contributed by atoms with Crippen molar-refractivity contribution in [1.82, 2.24) is 10.5 Å². The van der Waals surface area contributed by atoms with Crippen LogP contribution in [0.5, 0.6) is 0 Å². The number of hydrogen-bond acceptors (Lipinski definition) is 6. The summed E-state index contributed by atoms with van der Waals surface area (Å²) in [5, 5.41) is 9.80. The van der Waals surface area contributed by atoms with Crippen molar-refractivity contribution in [3.05, 3.63) is 30.0 Å². The lowest BCUT2D eigenvalue weighted by atomic mass is 10.0. The fourth-order valence-electron chi connectivity index (χ4n) is 3.16. The van der Waals surface area contributed by atoms with Gasteiger partial charge in [-0.15, -0.1) is 0 Å². The monoisotopic (exact) mass is 342 g/mol. The van der Waals surface area contributed by atoms with E-state index >= 15 is 0 Å². The molecule has 1 atom stereocenters. The van der Waals surface area contributed by atoms with Crippen LogP contribution in [0.15, 0.2) is 28.9 Å². The first-order chi connectivity index (χ1) is 12.1. The Morgan fingerprint density at radius 1 is 1.48 bits per heavy atom. The maximum absolute atomic E-state index is 12.2. The van der Waals surface area contributed by atoms with E-state index in [1.165, 1.54) is 6.92 Å². The van der Waals surface area contributed by atoms with E-state index in [2.05, 4.69) is 15.8 Å². The SMILES string of the molecule is CC(=O)NCC1CN(c2ccc3c(c2)CCNc2cnoc2-3)C(=O)O1. The highest BCUT2D eigenvalue weighted by atomic mass is 16.6. The minimum absolute atomic E-state index is 0.144. The zero-order valence-electron chi connectivity index (χ0n) is 13.7. The minimum Gasteiger partial charge on any atom is -0.442 e. The topological polar surface area (TPSA) is 96.7 Å². The standard InChI is InChI=1S/C17H18N4O4/c1-10(22)19-7-13-9-21(17(23)24-13)12-2-3-14-11(6-12)4-5-18-15-8-20-25-16(14)15/h2-3,6,8,13,18H,4-5,7,9H2,1H3,(H,19,22). The second kappa shape index (κ2) is 6.12. The molecule has 3 heterocycles. The minimum atomic E-state index is -0.401. The van der Waals surface area contributed by atoms with Crippen molar-refractivity contribution in [3.63, 3.8) is 0 Å². The summed E-state index contributed by atoms with van der Waals surface area (Å²) in [4.78, 5) is 24.8. The number of aromatic nitrogens is 1. The summed E-state index contributed by atoms with van der Waals surface area (Å²) in [5.41, 5.74) is 3.71. The Morgan fingerprint density at radius 3 is 3.20 bits per heavy atom. The maximum atomic E-state index is 12.2. The summed E-state index contributed by atoms with van der Waals surface area (Å²) in [6, 6.07) is 5.80. The van der Waals surface area contributed by atoms with Crippen LogP contribution in [-0.2, 0) is 16.0 Å². The number of carbonyl (C=O) groups excluding carboxylic acids is 2. The summed E-state index contributed by atoms with van der Waals surface area (Å²) in [6.07, 6.45) is 1.73. The van der Waals surface area contributed by atoms with Gasteiger partial charge in [-0.1, -0.05) is 5.16 Å². The van der Waals surface area contributed by atoms with Gasteiger partial charge in [-0.05, 0) is 30.2 Å². The van der Waals surface area contributed by atoms with E-state index in [1.54, 1.807) is 11.1 Å². The van der Waals surface area contributed by atoms with E-state index < -0.39 is 6.09 Å². The first kappa shape index (κ1) is 15.5. The molecule has 8 nitrogen and oxygen atoms in total. The molecule has 0 radical (unpaired) electrons. The Kier molecular flexibility index (Phi) is 3.79. The Balaban J connectivity index is 1.58. The second-order valence-electron chi connectivity index (χ2n) is 6.14. The molecule has 4 rings (SSSR count). The van der Waals surface area contributed by atoms with Crippen molar-refractivity contribution in [2.24, 2.45) is 0 Å². The molecule has 2 amide bonds. The third-order valence-corrected chi connectivity index (χ3v) is 4.38. The van der Waals surface area contributed by atoms with Gasteiger partial charge in [0.2, 0.25) is 5.91 Å². The van der Waals surface area contributed by atoms with Gasteiger partial charge in [-0.25, -0.2) is 4.79 Å². The van der Waals surface area contributed by atoms with Gasteiger partial charge in [-0.3, -0.25) is 9.69 Å². The molecule has 2 aromatic rings. The molecule has 2 aliphatic heterocycles. The number of fused-ring (bicyclic) bond motifs is 3. The third kappa shape index (κ3) is 2.90. The van der Waals surface area contributed by atoms with E-state index in [0.29, 0.717) is 18.8 Å². The van der Waals surface area contributed by atoms with Gasteiger partial charge in [0, 0.05) is 24.7 Å². The Hall–Kier alpha value is -3.03. The van der Waals surface area contributed by atoms with Crippen LogP contribution in [0.2, 0.25) is 0 Å². The Morgan fingerprint density at radius 2 is 2.36 bits per heavy atom. The molecule has 130 valence electrons. The van der Waals surface area contributed by atoms with Crippen LogP contribution in [0.1, 0.15) is 12.5 Å². The average molecular weight is 342 g/mol. The summed E-state index contributed by atoms with van der Waals surface area (Å²) in [5.74, 6) is 0.571. The molecular formula is C17H18N4O4. The molecule has 1 aromatic carbocycles. The molecule has 1 fully saturated rings. The molecule has 25 heavy (non-hydrogen) atoms. The van der Waals surface area contributed by atoms with Gasteiger partial charge in [0.1, 0.15) is 11.8 Å². The van der Waals surface area contributed by atoms with Crippen molar-refractivity contribution in [2.45, 2.75) is 19.4 Å². The van der Waals surface area contributed by atoms with E-state index in [4.69, 9.17) is 9.26 Å². The summed E-state index contributed by atoms with van der Waals surface area (Å²) in [7, 11) is 0. The van der Waals surface area contributed by atoms with Crippen LogP contribution >= 0.6 is 0 Å². The van der Waals surface area contributed by atoms with Crippen LogP contribution in [0, 0.1) is 0 Å². The second-order valence-corrected chi connectivity index (χ2v) is 6.14. The lowest BCUT2D eigenvalue weighted by molar-refractivity contribution is -0.119. The van der Waals surface area contributed by atoms with Gasteiger partial charge in [0.25, 0.3) is 0 Å². The van der Waals surface area contributed by atoms with Crippen LogP contribution in [0.3, 0.4) is 0 Å².